The van der Waals surface area contributed by atoms with Gasteiger partial charge in [0, 0.05) is 19.0 Å². The van der Waals surface area contributed by atoms with Crippen molar-refractivity contribution in [1.82, 2.24) is 9.80 Å². The second kappa shape index (κ2) is 12.2. The lowest BCUT2D eigenvalue weighted by Crippen LogP contribution is -2.49. The number of benzene rings is 3. The van der Waals surface area contributed by atoms with Crippen LogP contribution in [0.2, 0.25) is 0 Å². The van der Waals surface area contributed by atoms with Gasteiger partial charge in [0.1, 0.15) is 17.5 Å². The number of amidine groups is 1. The maximum Gasteiger partial charge on any atom is 0.416 e. The second-order valence-corrected chi connectivity index (χ2v) is 11.6. The van der Waals surface area contributed by atoms with Gasteiger partial charge in [0.15, 0.2) is 5.54 Å². The van der Waals surface area contributed by atoms with Crippen LogP contribution in [0.5, 0.6) is 0 Å². The van der Waals surface area contributed by atoms with Gasteiger partial charge in [-0.1, -0.05) is 50.2 Å². The molecule has 43 heavy (non-hydrogen) atoms. The molecule has 10 heteroatoms. The molecule has 0 saturated carbocycles. The molecule has 1 amide bonds. The quantitative estimate of drug-likeness (QED) is 0.307. The molecule has 1 saturated heterocycles. The normalized spacial score (nSPS) is 20.0. The van der Waals surface area contributed by atoms with Gasteiger partial charge in [-0.2, -0.15) is 13.2 Å². The zero-order valence-electron chi connectivity index (χ0n) is 24.0. The summed E-state index contributed by atoms with van der Waals surface area (Å²) in [5, 5.41) is 11.2. The Balaban J connectivity index is 1.35. The summed E-state index contributed by atoms with van der Waals surface area (Å²) in [6.07, 6.45) is -3.70. The Bertz CT molecular complexity index is 1410. The van der Waals surface area contributed by atoms with E-state index in [1.54, 1.807) is 0 Å². The Morgan fingerprint density at radius 3 is 1.98 bits per heavy atom. The minimum atomic E-state index is -4.39. The third-order valence-corrected chi connectivity index (χ3v) is 8.23. The topological polar surface area (TPSA) is 56.1 Å². The van der Waals surface area contributed by atoms with Crippen LogP contribution in [0, 0.1) is 17.6 Å². The van der Waals surface area contributed by atoms with Crippen molar-refractivity contribution < 1.29 is 31.9 Å². The maximum absolute atomic E-state index is 14.3. The lowest BCUT2D eigenvalue weighted by atomic mass is 9.82. The number of piperidine rings is 1. The fourth-order valence-electron chi connectivity index (χ4n) is 6.13. The molecule has 5 nitrogen and oxygen atoms in total. The fourth-order valence-corrected chi connectivity index (χ4v) is 6.13. The molecule has 3 aromatic rings. The predicted molar refractivity (Wildman–Crippen MR) is 153 cm³/mol. The zero-order valence-corrected chi connectivity index (χ0v) is 24.0. The summed E-state index contributed by atoms with van der Waals surface area (Å²) in [5.41, 5.74) is -0.583. The van der Waals surface area contributed by atoms with Gasteiger partial charge in [0.05, 0.1) is 18.2 Å². The number of rotatable bonds is 8. The molecule has 0 spiro atoms. The van der Waals surface area contributed by atoms with Gasteiger partial charge in [0.2, 0.25) is 0 Å². The standard InChI is InChI=1S/C33H34F5N3O2/c1-21(2)30-39-32(24-9-13-27(34)14-10-24,25-11-15-28(35)16-12-25)31(43)41(30)20-29(42)19-40-17-3-4-23(18-40)22-5-7-26(8-6-22)33(36,37)38/h5-16,21,23,29,42H,3-4,17-20H2,1-2H3. The molecule has 0 radical (unpaired) electrons. The van der Waals surface area contributed by atoms with E-state index in [9.17, 15) is 31.9 Å². The van der Waals surface area contributed by atoms with Crippen LogP contribution in [0.15, 0.2) is 77.8 Å². The average Bonchev–Trinajstić information content (AvgIpc) is 3.26. The van der Waals surface area contributed by atoms with Crippen LogP contribution in [0.3, 0.4) is 0 Å². The summed E-state index contributed by atoms with van der Waals surface area (Å²) in [4.78, 5) is 22.7. The van der Waals surface area contributed by atoms with Crippen molar-refractivity contribution in [3.05, 3.63) is 107 Å². The van der Waals surface area contributed by atoms with Gasteiger partial charge in [0.25, 0.3) is 5.91 Å². The van der Waals surface area contributed by atoms with Crippen molar-refractivity contribution in [2.45, 2.75) is 50.4 Å². The Hall–Kier alpha value is -3.63. The summed E-state index contributed by atoms with van der Waals surface area (Å²) in [6.45, 7) is 5.26. The molecule has 5 rings (SSSR count). The Kier molecular flexibility index (Phi) is 8.72. The second-order valence-electron chi connectivity index (χ2n) is 11.6. The highest BCUT2D eigenvalue weighted by atomic mass is 19.4. The van der Waals surface area contributed by atoms with E-state index < -0.39 is 40.9 Å². The van der Waals surface area contributed by atoms with Crippen molar-refractivity contribution in [2.75, 3.05) is 26.2 Å². The van der Waals surface area contributed by atoms with Gasteiger partial charge >= 0.3 is 6.18 Å². The molecule has 0 bridgehead atoms. The fraction of sp³-hybridized carbons (Fsp3) is 0.394. The highest BCUT2D eigenvalue weighted by Gasteiger charge is 2.51. The first kappa shape index (κ1) is 30.8. The van der Waals surface area contributed by atoms with Gasteiger partial charge in [-0.3, -0.25) is 9.69 Å². The van der Waals surface area contributed by atoms with Crippen molar-refractivity contribution in [3.8, 4) is 0 Å². The summed E-state index contributed by atoms with van der Waals surface area (Å²) in [7, 11) is 0. The van der Waals surface area contributed by atoms with E-state index in [0.29, 0.717) is 30.1 Å². The number of amides is 1. The van der Waals surface area contributed by atoms with Crippen molar-refractivity contribution in [3.63, 3.8) is 0 Å². The Morgan fingerprint density at radius 1 is 0.907 bits per heavy atom. The van der Waals surface area contributed by atoms with Crippen LogP contribution in [0.1, 0.15) is 54.9 Å². The summed E-state index contributed by atoms with van der Waals surface area (Å²) in [6, 6.07) is 16.2. The number of carbonyl (C=O) groups is 1. The van der Waals surface area contributed by atoms with Crippen LogP contribution in [0.25, 0.3) is 0 Å². The van der Waals surface area contributed by atoms with E-state index in [2.05, 4.69) is 4.90 Å². The van der Waals surface area contributed by atoms with E-state index in [1.165, 1.54) is 65.6 Å². The van der Waals surface area contributed by atoms with Crippen LogP contribution in [-0.2, 0) is 16.5 Å². The van der Waals surface area contributed by atoms with Crippen LogP contribution in [0.4, 0.5) is 22.0 Å². The smallest absolute Gasteiger partial charge is 0.390 e. The monoisotopic (exact) mass is 599 g/mol. The molecule has 2 aliphatic rings. The molecule has 2 heterocycles. The van der Waals surface area contributed by atoms with Crippen LogP contribution in [-0.4, -0.2) is 58.9 Å². The van der Waals surface area contributed by atoms with Crippen LogP contribution >= 0.6 is 0 Å². The zero-order chi connectivity index (χ0) is 30.9. The maximum atomic E-state index is 14.3. The Labute approximate surface area is 247 Å². The number of carbonyl (C=O) groups excluding carboxylic acids is 1. The number of aliphatic hydroxyl groups excluding tert-OH is 1. The number of nitrogens with zero attached hydrogens (tertiary/aromatic N) is 3. The molecule has 228 valence electrons. The molecule has 2 atom stereocenters. The molecule has 0 aromatic heterocycles. The van der Waals surface area contributed by atoms with Crippen molar-refractivity contribution in [1.29, 1.82) is 0 Å². The summed E-state index contributed by atoms with van der Waals surface area (Å²) < 4.78 is 66.8. The first-order valence-electron chi connectivity index (χ1n) is 14.4. The molecular formula is C33H34F5N3O2. The largest absolute Gasteiger partial charge is 0.416 e. The number of halogens is 5. The van der Waals surface area contributed by atoms with E-state index >= 15 is 0 Å². The number of hydrogen-bond donors (Lipinski definition) is 1. The number of β-amino-alcohol motifs (C(OH)–C–C–N with tert-alkyl or cyclic N) is 1. The highest BCUT2D eigenvalue weighted by Crippen LogP contribution is 2.41. The average molecular weight is 600 g/mol. The molecule has 2 unspecified atom stereocenters. The van der Waals surface area contributed by atoms with Gasteiger partial charge in [-0.25, -0.2) is 13.8 Å². The first-order valence-corrected chi connectivity index (χ1v) is 14.4. The SMILES string of the molecule is CC(C)C1=NC(c2ccc(F)cc2)(c2ccc(F)cc2)C(=O)N1CC(O)CN1CCCC(c2ccc(C(F)(F)F)cc2)C1. The molecule has 0 aliphatic carbocycles. The van der Waals surface area contributed by atoms with E-state index in [0.717, 1.165) is 30.5 Å². The number of aliphatic imine (C=N–C) groups is 1. The lowest BCUT2D eigenvalue weighted by Gasteiger charge is -2.35. The molecule has 3 aromatic carbocycles. The van der Waals surface area contributed by atoms with Gasteiger partial charge in [-0.15, -0.1) is 0 Å². The lowest BCUT2D eigenvalue weighted by molar-refractivity contribution is -0.137. The van der Waals surface area contributed by atoms with Gasteiger partial charge in [-0.05, 0) is 78.4 Å². The number of aliphatic hydroxyl groups is 1. The summed E-state index contributed by atoms with van der Waals surface area (Å²) in [5.74, 6) is -1.08. The van der Waals surface area contributed by atoms with E-state index in [1.807, 2.05) is 13.8 Å². The number of hydrogen-bond acceptors (Lipinski definition) is 4. The minimum Gasteiger partial charge on any atom is -0.390 e. The van der Waals surface area contributed by atoms with Crippen molar-refractivity contribution >= 4 is 11.7 Å². The molecule has 1 fully saturated rings. The first-order chi connectivity index (χ1) is 20.4. The number of alkyl halides is 3. The number of likely N-dealkylation sites (tertiary alicyclic amines) is 1. The molecular weight excluding hydrogens is 565 g/mol. The highest BCUT2D eigenvalue weighted by molar-refractivity contribution is 6.11. The van der Waals surface area contributed by atoms with E-state index in [4.69, 9.17) is 4.99 Å². The van der Waals surface area contributed by atoms with E-state index in [-0.39, 0.29) is 24.9 Å². The summed E-state index contributed by atoms with van der Waals surface area (Å²) >= 11 is 0. The molecule has 1 N–H and O–H groups in total. The van der Waals surface area contributed by atoms with Crippen molar-refractivity contribution in [2.24, 2.45) is 10.9 Å². The minimum absolute atomic E-state index is 0.0223. The van der Waals surface area contributed by atoms with Gasteiger partial charge < -0.3 is 10.0 Å². The molecule has 2 aliphatic heterocycles. The third-order valence-electron chi connectivity index (χ3n) is 8.23. The predicted octanol–water partition coefficient (Wildman–Crippen LogP) is 6.36. The Morgan fingerprint density at radius 2 is 1.47 bits per heavy atom. The van der Waals surface area contributed by atoms with Crippen LogP contribution < -0.4 is 0 Å². The third kappa shape index (κ3) is 6.35.